The summed E-state index contributed by atoms with van der Waals surface area (Å²) in [6.07, 6.45) is 2.58. The van der Waals surface area contributed by atoms with Gasteiger partial charge in [0.25, 0.3) is 17.7 Å². The summed E-state index contributed by atoms with van der Waals surface area (Å²) in [5.41, 5.74) is 4.64. The van der Waals surface area contributed by atoms with Gasteiger partial charge in [-0.25, -0.2) is 4.79 Å². The Morgan fingerprint density at radius 3 is 2.50 bits per heavy atom. The number of nitrogens with one attached hydrogen (secondary N) is 4. The minimum absolute atomic E-state index is 0.267. The standard InChI is InChI=1S/C19H21N5O4/c1-19(10-9-13-6-3-2-4-7-13)17(27)24(18(28)21-19)12-15(25)22-23-16(26)14-8-5-11-20-14/h2-8,11,20H,9-10,12H2,1H3,(H,21,28)(H,22,25)(H,23,26)/t19-/m0/s1. The van der Waals surface area contributed by atoms with Gasteiger partial charge in [0.1, 0.15) is 17.8 Å². The van der Waals surface area contributed by atoms with Gasteiger partial charge in [0.15, 0.2) is 0 Å². The summed E-state index contributed by atoms with van der Waals surface area (Å²) in [4.78, 5) is 52.3. The number of aryl methyl sites for hydroxylation is 1. The highest BCUT2D eigenvalue weighted by Crippen LogP contribution is 2.23. The van der Waals surface area contributed by atoms with Gasteiger partial charge in [-0.15, -0.1) is 0 Å². The molecule has 0 bridgehead atoms. The van der Waals surface area contributed by atoms with Crippen molar-refractivity contribution in [3.63, 3.8) is 0 Å². The van der Waals surface area contributed by atoms with Gasteiger partial charge >= 0.3 is 6.03 Å². The predicted molar refractivity (Wildman–Crippen MR) is 99.8 cm³/mol. The Kier molecular flexibility index (Phi) is 5.44. The molecule has 1 saturated heterocycles. The summed E-state index contributed by atoms with van der Waals surface area (Å²) >= 11 is 0. The average Bonchev–Trinajstić information content (AvgIpc) is 3.29. The molecule has 0 saturated carbocycles. The summed E-state index contributed by atoms with van der Waals surface area (Å²) < 4.78 is 0. The quantitative estimate of drug-likeness (QED) is 0.433. The highest BCUT2D eigenvalue weighted by Gasteiger charge is 2.47. The van der Waals surface area contributed by atoms with E-state index in [0.29, 0.717) is 12.8 Å². The molecule has 146 valence electrons. The number of hydrogen-bond donors (Lipinski definition) is 4. The maximum atomic E-state index is 12.7. The van der Waals surface area contributed by atoms with Crippen molar-refractivity contribution >= 4 is 23.8 Å². The van der Waals surface area contributed by atoms with Gasteiger partial charge in [-0.3, -0.25) is 30.1 Å². The van der Waals surface area contributed by atoms with Crippen LogP contribution in [0.5, 0.6) is 0 Å². The summed E-state index contributed by atoms with van der Waals surface area (Å²) in [6, 6.07) is 12.2. The molecule has 1 aliphatic heterocycles. The molecule has 2 heterocycles. The third-order valence-corrected chi connectivity index (χ3v) is 4.56. The van der Waals surface area contributed by atoms with Crippen LogP contribution in [-0.4, -0.2) is 45.7 Å². The van der Waals surface area contributed by atoms with Crippen LogP contribution in [0.4, 0.5) is 4.79 Å². The number of nitrogens with zero attached hydrogens (tertiary/aromatic N) is 1. The fourth-order valence-electron chi connectivity index (χ4n) is 2.95. The molecule has 28 heavy (non-hydrogen) atoms. The van der Waals surface area contributed by atoms with Crippen molar-refractivity contribution in [2.45, 2.75) is 25.3 Å². The first kappa shape index (κ1) is 19.2. The van der Waals surface area contributed by atoms with Crippen LogP contribution in [0.25, 0.3) is 0 Å². The number of H-pyrrole nitrogens is 1. The molecule has 5 amide bonds. The van der Waals surface area contributed by atoms with E-state index in [-0.39, 0.29) is 5.69 Å². The van der Waals surface area contributed by atoms with E-state index in [1.54, 1.807) is 19.2 Å². The van der Waals surface area contributed by atoms with E-state index in [4.69, 9.17) is 0 Å². The molecule has 0 aliphatic carbocycles. The first-order valence-corrected chi connectivity index (χ1v) is 8.80. The van der Waals surface area contributed by atoms with Gasteiger partial charge in [-0.2, -0.15) is 0 Å². The molecule has 2 aromatic rings. The Bertz CT molecular complexity index is 881. The minimum Gasteiger partial charge on any atom is -0.357 e. The normalized spacial score (nSPS) is 18.7. The third-order valence-electron chi connectivity index (χ3n) is 4.56. The second-order valence-corrected chi connectivity index (χ2v) is 6.73. The van der Waals surface area contributed by atoms with E-state index in [0.717, 1.165) is 10.5 Å². The SMILES string of the molecule is C[C@@]1(CCc2ccccc2)NC(=O)N(CC(=O)NNC(=O)c2ccc[nH]2)C1=O. The molecule has 0 radical (unpaired) electrons. The maximum Gasteiger partial charge on any atom is 0.325 e. The molecule has 1 aromatic carbocycles. The van der Waals surface area contributed by atoms with E-state index in [9.17, 15) is 19.2 Å². The molecule has 1 fully saturated rings. The highest BCUT2D eigenvalue weighted by atomic mass is 16.2. The summed E-state index contributed by atoms with van der Waals surface area (Å²) in [5.74, 6) is -1.70. The first-order chi connectivity index (χ1) is 13.4. The van der Waals surface area contributed by atoms with Gasteiger partial charge in [0.2, 0.25) is 0 Å². The number of carbonyl (C=O) groups excluding carboxylic acids is 4. The molecule has 0 spiro atoms. The van der Waals surface area contributed by atoms with Crippen molar-refractivity contribution in [3.05, 3.63) is 59.9 Å². The van der Waals surface area contributed by atoms with Crippen LogP contribution in [-0.2, 0) is 16.0 Å². The fourth-order valence-corrected chi connectivity index (χ4v) is 2.95. The van der Waals surface area contributed by atoms with Gasteiger partial charge in [-0.1, -0.05) is 30.3 Å². The van der Waals surface area contributed by atoms with Crippen LogP contribution >= 0.6 is 0 Å². The van der Waals surface area contributed by atoms with Gasteiger partial charge < -0.3 is 10.3 Å². The lowest BCUT2D eigenvalue weighted by Crippen LogP contribution is -2.49. The first-order valence-electron chi connectivity index (χ1n) is 8.80. The van der Waals surface area contributed by atoms with Crippen LogP contribution < -0.4 is 16.2 Å². The summed E-state index contributed by atoms with van der Waals surface area (Å²) in [5, 5.41) is 2.66. The Morgan fingerprint density at radius 1 is 1.07 bits per heavy atom. The Balaban J connectivity index is 1.54. The molecule has 9 heteroatoms. The number of aromatic amines is 1. The number of imide groups is 1. The maximum absolute atomic E-state index is 12.7. The van der Waals surface area contributed by atoms with Crippen LogP contribution in [0.3, 0.4) is 0 Å². The molecule has 4 N–H and O–H groups in total. The number of amides is 5. The molecular weight excluding hydrogens is 362 g/mol. The number of urea groups is 1. The lowest BCUT2D eigenvalue weighted by atomic mass is 9.93. The lowest BCUT2D eigenvalue weighted by molar-refractivity contribution is -0.134. The molecule has 9 nitrogen and oxygen atoms in total. The van der Waals surface area contributed by atoms with E-state index in [1.165, 1.54) is 6.07 Å². The Labute approximate surface area is 161 Å². The van der Waals surface area contributed by atoms with Crippen LogP contribution in [0.1, 0.15) is 29.4 Å². The highest BCUT2D eigenvalue weighted by molar-refractivity contribution is 6.08. The molecule has 3 rings (SSSR count). The van der Waals surface area contributed by atoms with E-state index >= 15 is 0 Å². The average molecular weight is 383 g/mol. The van der Waals surface area contributed by atoms with E-state index in [2.05, 4.69) is 21.2 Å². The molecular formula is C19H21N5O4. The van der Waals surface area contributed by atoms with Crippen molar-refractivity contribution in [2.24, 2.45) is 0 Å². The largest absolute Gasteiger partial charge is 0.357 e. The van der Waals surface area contributed by atoms with Crippen LogP contribution in [0, 0.1) is 0 Å². The molecule has 0 unspecified atom stereocenters. The van der Waals surface area contributed by atoms with Gasteiger partial charge in [0.05, 0.1) is 0 Å². The molecule has 1 aliphatic rings. The fraction of sp³-hybridized carbons (Fsp3) is 0.263. The van der Waals surface area contributed by atoms with Crippen LogP contribution in [0.15, 0.2) is 48.7 Å². The lowest BCUT2D eigenvalue weighted by Gasteiger charge is -2.21. The Hall–Kier alpha value is -3.62. The van der Waals surface area contributed by atoms with Gasteiger partial charge in [0, 0.05) is 6.20 Å². The second kappa shape index (κ2) is 7.95. The number of carbonyl (C=O) groups is 4. The minimum atomic E-state index is -1.08. The van der Waals surface area contributed by atoms with Crippen molar-refractivity contribution in [2.75, 3.05) is 6.54 Å². The number of hydrogen-bond acceptors (Lipinski definition) is 4. The second-order valence-electron chi connectivity index (χ2n) is 6.73. The smallest absolute Gasteiger partial charge is 0.325 e. The van der Waals surface area contributed by atoms with Crippen molar-refractivity contribution < 1.29 is 19.2 Å². The third kappa shape index (κ3) is 4.20. The van der Waals surface area contributed by atoms with Gasteiger partial charge in [-0.05, 0) is 37.5 Å². The van der Waals surface area contributed by atoms with E-state index in [1.807, 2.05) is 30.3 Å². The monoisotopic (exact) mass is 383 g/mol. The van der Waals surface area contributed by atoms with E-state index < -0.39 is 35.8 Å². The Morgan fingerprint density at radius 2 is 1.82 bits per heavy atom. The van der Waals surface area contributed by atoms with Crippen LogP contribution in [0.2, 0.25) is 0 Å². The zero-order chi connectivity index (χ0) is 20.1. The molecule has 1 aromatic heterocycles. The zero-order valence-corrected chi connectivity index (χ0v) is 15.3. The van der Waals surface area contributed by atoms with Crippen molar-refractivity contribution in [1.82, 2.24) is 26.1 Å². The summed E-state index contributed by atoms with van der Waals surface area (Å²) in [7, 11) is 0. The number of hydrazine groups is 1. The number of benzene rings is 1. The topological polar surface area (TPSA) is 123 Å². The van der Waals surface area contributed by atoms with Crippen molar-refractivity contribution in [3.8, 4) is 0 Å². The molecule has 1 atom stereocenters. The van der Waals surface area contributed by atoms with Crippen molar-refractivity contribution in [1.29, 1.82) is 0 Å². The number of rotatable bonds is 6. The summed E-state index contributed by atoms with van der Waals surface area (Å²) in [6.45, 7) is 1.15. The number of aromatic nitrogens is 1. The predicted octanol–water partition coefficient (Wildman–Crippen LogP) is 0.719. The zero-order valence-electron chi connectivity index (χ0n) is 15.3.